The van der Waals surface area contributed by atoms with E-state index in [0.29, 0.717) is 63.8 Å². The molecule has 0 saturated carbocycles. The molecule has 1 aliphatic rings. The van der Waals surface area contributed by atoms with Crippen LogP contribution < -0.4 is 10.1 Å². The fourth-order valence-corrected chi connectivity index (χ4v) is 5.70. The minimum atomic E-state index is -1.38. The van der Waals surface area contributed by atoms with Crippen molar-refractivity contribution in [2.45, 2.75) is 30.9 Å². The van der Waals surface area contributed by atoms with Gasteiger partial charge in [-0.15, -0.1) is 0 Å². The number of hydrogen-bond acceptors (Lipinski definition) is 5. The van der Waals surface area contributed by atoms with E-state index in [0.717, 1.165) is 11.1 Å². The molecule has 0 aromatic heterocycles. The smallest absolute Gasteiger partial charge is 0.252 e. The van der Waals surface area contributed by atoms with Crippen LogP contribution in [0.25, 0.3) is 6.08 Å². The lowest BCUT2D eigenvalue weighted by Gasteiger charge is -2.30. The second kappa shape index (κ2) is 15.5. The second-order valence-electron chi connectivity index (χ2n) is 10.6. The Kier molecular flexibility index (Phi) is 11.2. The van der Waals surface area contributed by atoms with E-state index in [2.05, 4.69) is 5.32 Å². The van der Waals surface area contributed by atoms with Crippen molar-refractivity contribution in [2.24, 2.45) is 4.99 Å². The van der Waals surface area contributed by atoms with Crippen molar-refractivity contribution in [3.8, 4) is 5.75 Å². The molecule has 1 aliphatic heterocycles. The summed E-state index contributed by atoms with van der Waals surface area (Å²) in [5.74, 6) is 0.679. The highest BCUT2D eigenvalue weighted by Gasteiger charge is 2.53. The Morgan fingerprint density at radius 1 is 0.956 bits per heavy atom. The van der Waals surface area contributed by atoms with Gasteiger partial charge in [0, 0.05) is 52.2 Å². The van der Waals surface area contributed by atoms with Gasteiger partial charge in [0.25, 0.3) is 5.91 Å². The first-order valence-corrected chi connectivity index (χ1v) is 15.8. The zero-order valence-corrected chi connectivity index (χ0v) is 26.7. The van der Waals surface area contributed by atoms with Crippen LogP contribution in [-0.4, -0.2) is 42.2 Å². The number of halogens is 3. The van der Waals surface area contributed by atoms with Crippen LogP contribution in [0, 0.1) is 0 Å². The maximum atomic E-state index is 14.3. The van der Waals surface area contributed by atoms with E-state index in [1.54, 1.807) is 18.2 Å². The molecule has 0 unspecified atom stereocenters. The monoisotopic (exact) mass is 662 g/mol. The largest absolute Gasteiger partial charge is 0.494 e. The Bertz CT molecular complexity index is 1640. The lowest BCUT2D eigenvalue weighted by atomic mass is 9.84. The van der Waals surface area contributed by atoms with E-state index in [9.17, 15) is 4.79 Å². The van der Waals surface area contributed by atoms with Crippen molar-refractivity contribution in [2.75, 3.05) is 19.8 Å². The van der Waals surface area contributed by atoms with Crippen LogP contribution >= 0.6 is 34.8 Å². The molecule has 0 saturated heterocycles. The predicted octanol–water partition coefficient (Wildman–Crippen LogP) is 8.13. The van der Waals surface area contributed by atoms with Crippen LogP contribution in [0.3, 0.4) is 0 Å². The Morgan fingerprint density at radius 3 is 2.40 bits per heavy atom. The number of amides is 1. The number of aliphatic imine (C=N–C) groups is 1. The molecular weight excluding hydrogens is 631 g/mol. The summed E-state index contributed by atoms with van der Waals surface area (Å²) in [4.78, 5) is 19.4. The number of aliphatic hydroxyl groups is 1. The van der Waals surface area contributed by atoms with E-state index in [1.165, 1.54) is 0 Å². The lowest BCUT2D eigenvalue weighted by Crippen LogP contribution is -2.48. The summed E-state index contributed by atoms with van der Waals surface area (Å²) < 4.78 is 12.2. The Balaban J connectivity index is 1.50. The molecule has 0 aliphatic carbocycles. The topological polar surface area (TPSA) is 80.2 Å². The normalized spacial score (nSPS) is 17.6. The van der Waals surface area contributed by atoms with Crippen LogP contribution in [0.5, 0.6) is 5.75 Å². The summed E-state index contributed by atoms with van der Waals surface area (Å²) in [6, 6.07) is 29.8. The van der Waals surface area contributed by atoms with Gasteiger partial charge >= 0.3 is 0 Å². The molecule has 0 radical (unpaired) electrons. The number of carbonyl (C=O) groups is 1. The summed E-state index contributed by atoms with van der Waals surface area (Å²) in [6.45, 7) is 0.841. The van der Waals surface area contributed by atoms with Gasteiger partial charge in [0.2, 0.25) is 5.90 Å². The summed E-state index contributed by atoms with van der Waals surface area (Å²) in [7, 11) is 0. The Labute approximate surface area is 278 Å². The van der Waals surface area contributed by atoms with E-state index >= 15 is 0 Å². The van der Waals surface area contributed by atoms with Crippen molar-refractivity contribution in [1.29, 1.82) is 0 Å². The van der Waals surface area contributed by atoms with Gasteiger partial charge < -0.3 is 19.9 Å². The number of rotatable bonds is 13. The molecule has 1 amide bonds. The third kappa shape index (κ3) is 8.27. The predicted molar refractivity (Wildman–Crippen MR) is 181 cm³/mol. The summed E-state index contributed by atoms with van der Waals surface area (Å²) >= 11 is 19.0. The minimum absolute atomic E-state index is 0.0555. The van der Waals surface area contributed by atoms with E-state index in [-0.39, 0.29) is 18.9 Å². The fraction of sp³-hybridized carbons (Fsp3) is 0.222. The van der Waals surface area contributed by atoms with Gasteiger partial charge in [0.1, 0.15) is 5.75 Å². The van der Waals surface area contributed by atoms with Gasteiger partial charge in [-0.25, -0.2) is 4.99 Å². The van der Waals surface area contributed by atoms with Gasteiger partial charge in [0.15, 0.2) is 11.6 Å². The molecule has 2 atom stereocenters. The van der Waals surface area contributed by atoms with Crippen LogP contribution in [0.4, 0.5) is 0 Å². The zero-order chi connectivity index (χ0) is 31.6. The fourth-order valence-electron chi connectivity index (χ4n) is 5.07. The van der Waals surface area contributed by atoms with E-state index < -0.39 is 11.6 Å². The molecule has 4 aromatic carbocycles. The van der Waals surface area contributed by atoms with Crippen LogP contribution in [-0.2, 0) is 16.0 Å². The minimum Gasteiger partial charge on any atom is -0.494 e. The molecule has 45 heavy (non-hydrogen) atoms. The molecule has 4 aromatic rings. The maximum absolute atomic E-state index is 14.3. The highest BCUT2D eigenvalue weighted by molar-refractivity contribution is 6.35. The van der Waals surface area contributed by atoms with Gasteiger partial charge in [-0.05, 0) is 66.1 Å². The molecule has 1 heterocycles. The molecule has 232 valence electrons. The third-order valence-corrected chi connectivity index (χ3v) is 8.24. The second-order valence-corrected chi connectivity index (χ2v) is 11.9. The first-order valence-electron chi connectivity index (χ1n) is 14.7. The average Bonchev–Trinajstić information content (AvgIpc) is 3.43. The first kappa shape index (κ1) is 32.6. The highest BCUT2D eigenvalue weighted by Crippen LogP contribution is 2.45. The van der Waals surface area contributed by atoms with Gasteiger partial charge in [-0.2, -0.15) is 0 Å². The van der Waals surface area contributed by atoms with Crippen LogP contribution in [0.15, 0.2) is 108 Å². The SMILES string of the molecule is O=C(NCCc1ccc(Cl)cc1)[C@]1(C/C=C/c2ccccc2)N=C(c2ccc(OCCCO)cc2)O[C@@H]1c1ccc(Cl)cc1Cl. The molecule has 0 bridgehead atoms. The summed E-state index contributed by atoms with van der Waals surface area (Å²) in [5, 5.41) is 13.7. The van der Waals surface area contributed by atoms with E-state index in [4.69, 9.17) is 54.4 Å². The first-order chi connectivity index (χ1) is 21.9. The molecule has 0 spiro atoms. The summed E-state index contributed by atoms with van der Waals surface area (Å²) in [5.41, 5.74) is 1.95. The average molecular weight is 664 g/mol. The molecule has 5 rings (SSSR count). The Hall–Kier alpha value is -3.81. The van der Waals surface area contributed by atoms with Crippen LogP contribution in [0.1, 0.15) is 41.2 Å². The molecule has 0 fully saturated rings. The Morgan fingerprint density at radius 2 is 1.69 bits per heavy atom. The van der Waals surface area contributed by atoms with Crippen LogP contribution in [0.2, 0.25) is 15.1 Å². The number of nitrogens with zero attached hydrogens (tertiary/aromatic N) is 1. The van der Waals surface area contributed by atoms with Gasteiger partial charge in [-0.3, -0.25) is 4.79 Å². The number of nitrogens with one attached hydrogen (secondary N) is 1. The number of carbonyl (C=O) groups excluding carboxylic acids is 1. The quantitative estimate of drug-likeness (QED) is 0.142. The molecule has 2 N–H and O–H groups in total. The van der Waals surface area contributed by atoms with Gasteiger partial charge in [-0.1, -0.05) is 95.5 Å². The third-order valence-electron chi connectivity index (χ3n) is 7.43. The number of hydrogen-bond donors (Lipinski definition) is 2. The van der Waals surface area contributed by atoms with Gasteiger partial charge in [0.05, 0.1) is 6.61 Å². The van der Waals surface area contributed by atoms with Crippen molar-refractivity contribution in [3.63, 3.8) is 0 Å². The van der Waals surface area contributed by atoms with Crippen molar-refractivity contribution >= 4 is 52.7 Å². The number of ether oxygens (including phenoxy) is 2. The number of benzene rings is 4. The highest BCUT2D eigenvalue weighted by atomic mass is 35.5. The molecule has 6 nitrogen and oxygen atoms in total. The number of aliphatic hydroxyl groups excluding tert-OH is 1. The zero-order valence-electron chi connectivity index (χ0n) is 24.5. The maximum Gasteiger partial charge on any atom is 0.252 e. The lowest BCUT2D eigenvalue weighted by molar-refractivity contribution is -0.128. The standard InChI is InChI=1S/C36H33Cl3N2O4/c37-28-13-9-26(10-14-28)19-21-40-35(43)36(20-4-8-25-6-2-1-3-7-25)33(31-18-15-29(38)24-32(31)39)45-34(41-36)27-11-16-30(17-12-27)44-23-5-22-42/h1-4,6-18,24,33,42H,5,19-23H2,(H,40,43)/b8-4+/t33-,36-/m1/s1. The molecular formula is C36H33Cl3N2O4. The summed E-state index contributed by atoms with van der Waals surface area (Å²) in [6.07, 6.45) is 4.46. The molecule has 9 heteroatoms. The van der Waals surface area contributed by atoms with Crippen molar-refractivity contribution < 1.29 is 19.4 Å². The van der Waals surface area contributed by atoms with Crippen molar-refractivity contribution in [3.05, 3.63) is 140 Å². The van der Waals surface area contributed by atoms with Crippen molar-refractivity contribution in [1.82, 2.24) is 5.32 Å². The van der Waals surface area contributed by atoms with E-state index in [1.807, 2.05) is 91.0 Å².